The third kappa shape index (κ3) is 3.08. The molecule has 0 spiro atoms. The van der Waals surface area contributed by atoms with Crippen molar-refractivity contribution in [1.29, 1.82) is 0 Å². The molecule has 0 unspecified atom stereocenters. The first-order valence-corrected chi connectivity index (χ1v) is 9.64. The Balaban J connectivity index is 1.48. The minimum absolute atomic E-state index is 0.344. The Kier molecular flexibility index (Phi) is 4.33. The van der Waals surface area contributed by atoms with E-state index in [1.165, 1.54) is 15.9 Å². The van der Waals surface area contributed by atoms with E-state index in [2.05, 4.69) is 71.3 Å². The van der Waals surface area contributed by atoms with E-state index in [1.54, 1.807) is 11.3 Å². The fraction of sp³-hybridized carbons (Fsp3) is 0.400. The largest absolute Gasteiger partial charge is 0.490 e. The molecule has 1 fully saturated rings. The van der Waals surface area contributed by atoms with Gasteiger partial charge in [-0.3, -0.25) is 0 Å². The molecule has 3 heterocycles. The number of piperidine rings is 1. The summed E-state index contributed by atoms with van der Waals surface area (Å²) in [5, 5.41) is 4.60. The molecule has 2 aromatic heterocycles. The van der Waals surface area contributed by atoms with E-state index >= 15 is 0 Å². The second-order valence-electron chi connectivity index (χ2n) is 6.80. The first-order valence-electron chi connectivity index (χ1n) is 8.76. The van der Waals surface area contributed by atoms with Gasteiger partial charge in [0.05, 0.1) is 10.5 Å². The quantitative estimate of drug-likeness (QED) is 0.669. The van der Waals surface area contributed by atoms with Gasteiger partial charge < -0.3 is 14.2 Å². The molecule has 0 radical (unpaired) electrons. The number of ether oxygens (including phenoxy) is 1. The number of likely N-dealkylation sites (tertiary alicyclic amines) is 1. The van der Waals surface area contributed by atoms with Gasteiger partial charge in [-0.05, 0) is 68.5 Å². The number of nitrogens with zero attached hydrogens (tertiary/aromatic N) is 2. The van der Waals surface area contributed by atoms with Crippen LogP contribution in [0.15, 0.2) is 48.0 Å². The molecule has 0 bridgehead atoms. The Bertz CT molecular complexity index is 798. The predicted molar refractivity (Wildman–Crippen MR) is 102 cm³/mol. The topological polar surface area (TPSA) is 17.4 Å². The lowest BCUT2D eigenvalue weighted by molar-refractivity contribution is 0.0844. The van der Waals surface area contributed by atoms with Crippen molar-refractivity contribution >= 4 is 22.2 Å². The van der Waals surface area contributed by atoms with Crippen molar-refractivity contribution < 1.29 is 4.74 Å². The van der Waals surface area contributed by atoms with Crippen LogP contribution in [0, 0.1) is 0 Å². The van der Waals surface area contributed by atoms with Gasteiger partial charge >= 0.3 is 0 Å². The first-order chi connectivity index (χ1) is 11.7. The van der Waals surface area contributed by atoms with Crippen LogP contribution in [0.3, 0.4) is 0 Å². The van der Waals surface area contributed by atoms with Crippen LogP contribution in [0.1, 0.15) is 26.7 Å². The molecule has 0 aliphatic carbocycles. The van der Waals surface area contributed by atoms with Gasteiger partial charge in [-0.25, -0.2) is 0 Å². The third-order valence-corrected chi connectivity index (χ3v) is 5.78. The summed E-state index contributed by atoms with van der Waals surface area (Å²) >= 11 is 1.76. The zero-order chi connectivity index (χ0) is 16.5. The smallest absolute Gasteiger partial charge is 0.120 e. The van der Waals surface area contributed by atoms with Crippen molar-refractivity contribution in [2.24, 2.45) is 0 Å². The van der Waals surface area contributed by atoms with Gasteiger partial charge in [-0.15, -0.1) is 11.3 Å². The average molecular weight is 340 g/mol. The highest BCUT2D eigenvalue weighted by Crippen LogP contribution is 2.28. The molecular weight excluding hydrogens is 316 g/mol. The molecule has 3 nitrogen and oxygen atoms in total. The minimum atomic E-state index is 0.344. The van der Waals surface area contributed by atoms with Gasteiger partial charge in [-0.2, -0.15) is 0 Å². The molecule has 1 saturated heterocycles. The maximum Gasteiger partial charge on any atom is 0.120 e. The van der Waals surface area contributed by atoms with Gasteiger partial charge in [0.1, 0.15) is 11.9 Å². The van der Waals surface area contributed by atoms with Crippen molar-refractivity contribution in [3.63, 3.8) is 0 Å². The molecular formula is C20H24N2OS. The fourth-order valence-corrected chi connectivity index (χ4v) is 4.22. The van der Waals surface area contributed by atoms with Crippen LogP contribution in [0.25, 0.3) is 15.9 Å². The molecule has 3 aromatic rings. The summed E-state index contributed by atoms with van der Waals surface area (Å²) < 4.78 is 8.50. The minimum Gasteiger partial charge on any atom is -0.490 e. The summed E-state index contributed by atoms with van der Waals surface area (Å²) in [6.07, 6.45) is 4.72. The highest BCUT2D eigenvalue weighted by atomic mass is 32.1. The number of hydrogen-bond donors (Lipinski definition) is 0. The lowest BCUT2D eigenvalue weighted by Gasteiger charge is -2.34. The lowest BCUT2D eigenvalue weighted by Crippen LogP contribution is -2.41. The number of hydrogen-bond acceptors (Lipinski definition) is 3. The van der Waals surface area contributed by atoms with Gasteiger partial charge in [0.15, 0.2) is 0 Å². The summed E-state index contributed by atoms with van der Waals surface area (Å²) in [5.41, 5.74) is 1.24. The summed E-state index contributed by atoms with van der Waals surface area (Å²) in [6, 6.07) is 13.5. The Morgan fingerprint density at radius 2 is 1.96 bits per heavy atom. The Morgan fingerprint density at radius 3 is 2.67 bits per heavy atom. The van der Waals surface area contributed by atoms with Crippen molar-refractivity contribution in [3.8, 4) is 10.8 Å². The van der Waals surface area contributed by atoms with Crippen molar-refractivity contribution in [2.45, 2.75) is 38.8 Å². The zero-order valence-corrected chi connectivity index (χ0v) is 15.1. The van der Waals surface area contributed by atoms with Crippen molar-refractivity contribution in [2.75, 3.05) is 13.1 Å². The van der Waals surface area contributed by atoms with E-state index < -0.39 is 0 Å². The molecule has 24 heavy (non-hydrogen) atoms. The third-order valence-electron chi connectivity index (χ3n) is 4.91. The molecule has 1 aliphatic heterocycles. The zero-order valence-electron chi connectivity index (χ0n) is 14.3. The van der Waals surface area contributed by atoms with E-state index in [1.807, 2.05) is 0 Å². The molecule has 0 amide bonds. The summed E-state index contributed by atoms with van der Waals surface area (Å²) in [5.74, 6) is 0.995. The monoisotopic (exact) mass is 340 g/mol. The Morgan fingerprint density at radius 1 is 1.12 bits per heavy atom. The van der Waals surface area contributed by atoms with Crippen LogP contribution < -0.4 is 4.74 Å². The predicted octanol–water partition coefficient (Wildman–Crippen LogP) is 4.94. The molecule has 1 aromatic carbocycles. The normalized spacial score (nSPS) is 17.0. The van der Waals surface area contributed by atoms with E-state index in [0.29, 0.717) is 12.1 Å². The van der Waals surface area contributed by atoms with Crippen LogP contribution in [-0.2, 0) is 0 Å². The molecule has 4 rings (SSSR count). The number of rotatable bonds is 4. The lowest BCUT2D eigenvalue weighted by atomic mass is 10.1. The van der Waals surface area contributed by atoms with Gasteiger partial charge in [-0.1, -0.05) is 0 Å². The SMILES string of the molecule is CC(C)N1CCC(Oc2ccc3c(ccn3-c3cccs3)c2)CC1. The molecule has 0 saturated carbocycles. The highest BCUT2D eigenvalue weighted by Gasteiger charge is 2.22. The van der Waals surface area contributed by atoms with E-state index in [4.69, 9.17) is 4.74 Å². The second-order valence-corrected chi connectivity index (χ2v) is 7.73. The van der Waals surface area contributed by atoms with E-state index in [0.717, 1.165) is 31.7 Å². The van der Waals surface area contributed by atoms with Crippen LogP contribution in [0.2, 0.25) is 0 Å². The average Bonchev–Trinajstić information content (AvgIpc) is 3.24. The van der Waals surface area contributed by atoms with E-state index in [-0.39, 0.29) is 0 Å². The van der Waals surface area contributed by atoms with Crippen LogP contribution in [-0.4, -0.2) is 34.7 Å². The van der Waals surface area contributed by atoms with Crippen molar-refractivity contribution in [3.05, 3.63) is 48.0 Å². The first kappa shape index (κ1) is 15.7. The van der Waals surface area contributed by atoms with Crippen LogP contribution >= 0.6 is 11.3 Å². The van der Waals surface area contributed by atoms with Gasteiger partial charge in [0.25, 0.3) is 0 Å². The van der Waals surface area contributed by atoms with Crippen LogP contribution in [0.5, 0.6) is 5.75 Å². The Labute approximate surface area is 147 Å². The maximum atomic E-state index is 6.26. The highest BCUT2D eigenvalue weighted by molar-refractivity contribution is 7.12. The molecule has 0 atom stereocenters. The van der Waals surface area contributed by atoms with Crippen molar-refractivity contribution in [1.82, 2.24) is 9.47 Å². The molecule has 126 valence electrons. The standard InChI is InChI=1S/C20H24N2OS/c1-15(2)21-10-8-17(9-11-21)23-18-5-6-19-16(14-18)7-12-22(19)20-4-3-13-24-20/h3-7,12-15,17H,8-11H2,1-2H3. The number of fused-ring (bicyclic) bond motifs is 1. The number of thiophene rings is 1. The van der Waals surface area contributed by atoms with Crippen LogP contribution in [0.4, 0.5) is 0 Å². The van der Waals surface area contributed by atoms with Gasteiger partial charge in [0, 0.05) is 30.7 Å². The Hall–Kier alpha value is -1.78. The molecule has 1 aliphatic rings. The molecule has 0 N–H and O–H groups in total. The summed E-state index contributed by atoms with van der Waals surface area (Å²) in [7, 11) is 0. The summed E-state index contributed by atoms with van der Waals surface area (Å²) in [6.45, 7) is 6.82. The molecule has 4 heteroatoms. The van der Waals surface area contributed by atoms with E-state index in [9.17, 15) is 0 Å². The number of aromatic nitrogens is 1. The number of benzene rings is 1. The van der Waals surface area contributed by atoms with Gasteiger partial charge in [0.2, 0.25) is 0 Å². The maximum absolute atomic E-state index is 6.26. The second kappa shape index (κ2) is 6.61. The fourth-order valence-electron chi connectivity index (χ4n) is 3.50. The summed E-state index contributed by atoms with van der Waals surface area (Å²) in [4.78, 5) is 2.53.